The lowest BCUT2D eigenvalue weighted by molar-refractivity contribution is -0.384. The molecule has 0 amide bonds. The van der Waals surface area contributed by atoms with Crippen LogP contribution in [-0.2, 0) is 0 Å². The van der Waals surface area contributed by atoms with Crippen LogP contribution >= 0.6 is 0 Å². The van der Waals surface area contributed by atoms with E-state index in [0.717, 1.165) is 94.6 Å². The predicted octanol–water partition coefficient (Wildman–Crippen LogP) is 18.7. The van der Waals surface area contributed by atoms with E-state index in [1.54, 1.807) is 12.1 Å². The van der Waals surface area contributed by atoms with Crippen LogP contribution in [0.1, 0.15) is 0 Å². The summed E-state index contributed by atoms with van der Waals surface area (Å²) in [6.45, 7) is 0. The summed E-state index contributed by atoms with van der Waals surface area (Å²) in [5, 5.41) is 18.8. The Morgan fingerprint density at radius 2 is 0.690 bits per heavy atom. The molecule has 0 N–H and O–H groups in total. The third kappa shape index (κ3) is 8.11. The van der Waals surface area contributed by atoms with Crippen LogP contribution in [0.15, 0.2) is 273 Å². The number of anilines is 6. The Kier molecular flexibility index (Phi) is 11.1. The summed E-state index contributed by atoms with van der Waals surface area (Å²) in [6, 6.07) is 95.0. The van der Waals surface area contributed by atoms with Crippen molar-refractivity contribution in [2.75, 3.05) is 9.80 Å². The lowest BCUT2D eigenvalue weighted by Gasteiger charge is -2.31. The van der Waals surface area contributed by atoms with Crippen LogP contribution in [0.25, 0.3) is 76.8 Å². The standard InChI is InChI=1S/C66H45N3O2/c70-69(71)56-43-41-55(42-44-56)68(58-22-14-21-57(45-58)67(53-37-33-48(34-38-53)46-15-3-1-4-16-46)54-39-35-49(36-40-54)47-17-5-2-6-18-47)66-63-26-11-9-24-61(63)65(62-25-10-12-27-64(62)66)52-31-29-51(30-32-52)60-28-13-20-50-19-7-8-23-59(50)60/h1-45H. The summed E-state index contributed by atoms with van der Waals surface area (Å²) in [7, 11) is 0. The number of non-ortho nitro benzene ring substituents is 1. The third-order valence-corrected chi connectivity index (χ3v) is 13.5. The van der Waals surface area contributed by atoms with E-state index in [9.17, 15) is 10.1 Å². The fourth-order valence-electron chi connectivity index (χ4n) is 10.2. The number of hydrogen-bond acceptors (Lipinski definition) is 4. The van der Waals surface area contributed by atoms with E-state index in [1.165, 1.54) is 16.3 Å². The zero-order chi connectivity index (χ0) is 47.7. The number of fused-ring (bicyclic) bond motifs is 3. The molecule has 12 aromatic carbocycles. The second-order valence-corrected chi connectivity index (χ2v) is 17.7. The van der Waals surface area contributed by atoms with E-state index in [0.29, 0.717) is 0 Å². The number of benzene rings is 12. The normalized spacial score (nSPS) is 11.2. The SMILES string of the molecule is O=[N+]([O-])c1ccc(N(c2cccc(N(c3ccc(-c4ccccc4)cc3)c3ccc(-c4ccccc4)cc3)c2)c2c3ccccc3c(-c3ccc(-c4cccc5ccccc45)cc3)c3ccccc23)cc1. The molecule has 0 atom stereocenters. The highest BCUT2D eigenvalue weighted by Gasteiger charge is 2.24. The molecule has 5 nitrogen and oxygen atoms in total. The summed E-state index contributed by atoms with van der Waals surface area (Å²) in [4.78, 5) is 16.3. The van der Waals surface area contributed by atoms with Gasteiger partial charge in [-0.15, -0.1) is 0 Å². The molecule has 12 rings (SSSR count). The minimum absolute atomic E-state index is 0.0311. The number of nitro groups is 1. The molecule has 12 aromatic rings. The lowest BCUT2D eigenvalue weighted by atomic mass is 9.89. The molecule has 0 bridgehead atoms. The maximum Gasteiger partial charge on any atom is 0.269 e. The molecule has 0 unspecified atom stereocenters. The third-order valence-electron chi connectivity index (χ3n) is 13.5. The van der Waals surface area contributed by atoms with Gasteiger partial charge in [0.05, 0.1) is 10.6 Å². The minimum Gasteiger partial charge on any atom is -0.310 e. The van der Waals surface area contributed by atoms with E-state index in [2.05, 4.69) is 246 Å². The Hall–Kier alpha value is -9.58. The first-order valence-electron chi connectivity index (χ1n) is 23.8. The quantitative estimate of drug-likeness (QED) is 0.0737. The van der Waals surface area contributed by atoms with Gasteiger partial charge in [-0.2, -0.15) is 0 Å². The van der Waals surface area contributed by atoms with Crippen LogP contribution in [0.5, 0.6) is 0 Å². The molecule has 5 heteroatoms. The van der Waals surface area contributed by atoms with Gasteiger partial charge >= 0.3 is 0 Å². The number of nitro benzene ring substituents is 1. The summed E-state index contributed by atoms with van der Waals surface area (Å²) in [6.07, 6.45) is 0. The van der Waals surface area contributed by atoms with Crippen molar-refractivity contribution in [2.24, 2.45) is 0 Å². The van der Waals surface area contributed by atoms with Crippen molar-refractivity contribution in [3.63, 3.8) is 0 Å². The van der Waals surface area contributed by atoms with Crippen molar-refractivity contribution in [1.29, 1.82) is 0 Å². The van der Waals surface area contributed by atoms with Crippen LogP contribution < -0.4 is 9.80 Å². The van der Waals surface area contributed by atoms with Gasteiger partial charge < -0.3 is 9.80 Å². The maximum atomic E-state index is 12.1. The molecule has 0 fully saturated rings. The second kappa shape index (κ2) is 18.5. The molecule has 0 heterocycles. The Balaban J connectivity index is 1.03. The van der Waals surface area contributed by atoms with Crippen LogP contribution in [0, 0.1) is 10.1 Å². The van der Waals surface area contributed by atoms with E-state index >= 15 is 0 Å². The molecular formula is C66H45N3O2. The van der Waals surface area contributed by atoms with Gasteiger partial charge in [0.15, 0.2) is 0 Å². The molecule has 0 radical (unpaired) electrons. The van der Waals surface area contributed by atoms with E-state index in [1.807, 2.05) is 24.3 Å². The summed E-state index contributed by atoms with van der Waals surface area (Å²) in [5.41, 5.74) is 14.8. The van der Waals surface area contributed by atoms with E-state index in [4.69, 9.17) is 0 Å². The Labute approximate surface area is 412 Å². The first kappa shape index (κ1) is 42.8. The Morgan fingerprint density at radius 1 is 0.296 bits per heavy atom. The largest absolute Gasteiger partial charge is 0.310 e. The molecule has 71 heavy (non-hydrogen) atoms. The van der Waals surface area contributed by atoms with Gasteiger partial charge in [0.1, 0.15) is 0 Å². The predicted molar refractivity (Wildman–Crippen MR) is 297 cm³/mol. The van der Waals surface area contributed by atoms with Gasteiger partial charge in [-0.05, 0) is 121 Å². The van der Waals surface area contributed by atoms with Gasteiger partial charge in [0.2, 0.25) is 0 Å². The van der Waals surface area contributed by atoms with Gasteiger partial charge in [0, 0.05) is 51.3 Å². The zero-order valence-electron chi connectivity index (χ0n) is 38.6. The molecule has 336 valence electrons. The highest BCUT2D eigenvalue weighted by Crippen LogP contribution is 2.49. The average molecular weight is 912 g/mol. The second-order valence-electron chi connectivity index (χ2n) is 17.7. The van der Waals surface area contributed by atoms with Crippen LogP contribution in [0.2, 0.25) is 0 Å². The number of hydrogen-bond donors (Lipinski definition) is 0. The van der Waals surface area contributed by atoms with Crippen molar-refractivity contribution in [3.05, 3.63) is 283 Å². The monoisotopic (exact) mass is 911 g/mol. The summed E-state index contributed by atoms with van der Waals surface area (Å²) < 4.78 is 0. The number of rotatable bonds is 11. The van der Waals surface area contributed by atoms with Gasteiger partial charge in [0.25, 0.3) is 5.69 Å². The highest BCUT2D eigenvalue weighted by molar-refractivity contribution is 6.22. The fraction of sp³-hybridized carbons (Fsp3) is 0. The van der Waals surface area contributed by atoms with Crippen LogP contribution in [0.3, 0.4) is 0 Å². The van der Waals surface area contributed by atoms with Crippen LogP contribution in [-0.4, -0.2) is 4.92 Å². The smallest absolute Gasteiger partial charge is 0.269 e. The summed E-state index contributed by atoms with van der Waals surface area (Å²) >= 11 is 0. The molecule has 0 saturated carbocycles. The van der Waals surface area contributed by atoms with Crippen molar-refractivity contribution in [2.45, 2.75) is 0 Å². The Bertz CT molecular complexity index is 3730. The van der Waals surface area contributed by atoms with Crippen molar-refractivity contribution < 1.29 is 4.92 Å². The van der Waals surface area contributed by atoms with E-state index in [-0.39, 0.29) is 10.6 Å². The first-order chi connectivity index (χ1) is 35.1. The molecule has 0 aliphatic carbocycles. The van der Waals surface area contributed by atoms with Crippen LogP contribution in [0.4, 0.5) is 39.8 Å². The van der Waals surface area contributed by atoms with Gasteiger partial charge in [-0.1, -0.05) is 206 Å². The van der Waals surface area contributed by atoms with Crippen molar-refractivity contribution >= 4 is 72.1 Å². The molecule has 0 aromatic heterocycles. The maximum absolute atomic E-state index is 12.1. The van der Waals surface area contributed by atoms with Crippen molar-refractivity contribution in [3.8, 4) is 44.5 Å². The fourth-order valence-corrected chi connectivity index (χ4v) is 10.2. The molecule has 0 aliphatic heterocycles. The molecular weight excluding hydrogens is 867 g/mol. The molecule has 0 spiro atoms. The highest BCUT2D eigenvalue weighted by atomic mass is 16.6. The van der Waals surface area contributed by atoms with E-state index < -0.39 is 0 Å². The lowest BCUT2D eigenvalue weighted by Crippen LogP contribution is -2.14. The summed E-state index contributed by atoms with van der Waals surface area (Å²) in [5.74, 6) is 0. The van der Waals surface area contributed by atoms with Gasteiger partial charge in [-0.25, -0.2) is 0 Å². The van der Waals surface area contributed by atoms with Gasteiger partial charge in [-0.3, -0.25) is 10.1 Å². The molecule has 0 saturated heterocycles. The first-order valence-corrected chi connectivity index (χ1v) is 23.8. The van der Waals surface area contributed by atoms with Crippen molar-refractivity contribution in [1.82, 2.24) is 0 Å². The zero-order valence-corrected chi connectivity index (χ0v) is 38.6. The minimum atomic E-state index is -0.343. The topological polar surface area (TPSA) is 49.6 Å². The Morgan fingerprint density at radius 3 is 1.24 bits per heavy atom. The average Bonchev–Trinajstić information content (AvgIpc) is 3.44. The number of nitrogens with zero attached hydrogens (tertiary/aromatic N) is 3. The molecule has 0 aliphatic rings.